The third-order valence-electron chi connectivity index (χ3n) is 2.01. The van der Waals surface area contributed by atoms with E-state index in [1.54, 1.807) is 6.92 Å². The van der Waals surface area contributed by atoms with Crippen molar-refractivity contribution < 1.29 is 14.5 Å². The maximum absolute atomic E-state index is 11.3. The molecule has 0 spiro atoms. The molecule has 1 heterocycles. The summed E-state index contributed by atoms with van der Waals surface area (Å²) in [6, 6.07) is 1.14. The Labute approximate surface area is 102 Å². The predicted octanol–water partition coefficient (Wildman–Crippen LogP) is 1.25. The first-order valence-electron chi connectivity index (χ1n) is 5.24. The SMILES string of the molecule is CCOC(=O)CC=Cc1cc([N+](=O)[O-])c[nH]c1=O. The number of ether oxygens (including phenoxy) is 1. The van der Waals surface area contributed by atoms with E-state index in [1.807, 2.05) is 0 Å². The second-order valence-electron chi connectivity index (χ2n) is 3.31. The van der Waals surface area contributed by atoms with Crippen molar-refractivity contribution in [2.24, 2.45) is 0 Å². The Morgan fingerprint density at radius 1 is 1.61 bits per heavy atom. The largest absolute Gasteiger partial charge is 0.466 e. The first-order valence-corrected chi connectivity index (χ1v) is 5.24. The van der Waals surface area contributed by atoms with Gasteiger partial charge >= 0.3 is 5.97 Å². The molecule has 0 saturated heterocycles. The van der Waals surface area contributed by atoms with E-state index in [4.69, 9.17) is 0 Å². The van der Waals surface area contributed by atoms with Crippen molar-refractivity contribution in [2.45, 2.75) is 13.3 Å². The number of rotatable bonds is 5. The summed E-state index contributed by atoms with van der Waals surface area (Å²) in [6.45, 7) is 1.97. The summed E-state index contributed by atoms with van der Waals surface area (Å²) >= 11 is 0. The zero-order valence-electron chi connectivity index (χ0n) is 9.71. The van der Waals surface area contributed by atoms with E-state index in [1.165, 1.54) is 12.2 Å². The van der Waals surface area contributed by atoms with E-state index < -0.39 is 16.5 Å². The number of hydrogen-bond acceptors (Lipinski definition) is 5. The Balaban J connectivity index is 2.80. The number of pyridine rings is 1. The third kappa shape index (κ3) is 3.85. The minimum atomic E-state index is -0.612. The molecule has 7 heteroatoms. The van der Waals surface area contributed by atoms with Crippen LogP contribution in [-0.2, 0) is 9.53 Å². The molecule has 18 heavy (non-hydrogen) atoms. The van der Waals surface area contributed by atoms with Crippen molar-refractivity contribution in [2.75, 3.05) is 6.61 Å². The molecule has 1 aromatic rings. The van der Waals surface area contributed by atoms with E-state index in [2.05, 4.69) is 9.72 Å². The van der Waals surface area contributed by atoms with Crippen LogP contribution in [-0.4, -0.2) is 22.5 Å². The van der Waals surface area contributed by atoms with Gasteiger partial charge in [-0.05, 0) is 6.92 Å². The Bertz CT molecular complexity index is 532. The fourth-order valence-corrected chi connectivity index (χ4v) is 1.22. The molecule has 0 aromatic carbocycles. The molecule has 0 amide bonds. The van der Waals surface area contributed by atoms with Crippen LogP contribution in [0.4, 0.5) is 5.69 Å². The highest BCUT2D eigenvalue weighted by atomic mass is 16.6. The van der Waals surface area contributed by atoms with E-state index in [9.17, 15) is 19.7 Å². The van der Waals surface area contributed by atoms with Crippen molar-refractivity contribution in [1.29, 1.82) is 0 Å². The number of esters is 1. The molecule has 0 aliphatic carbocycles. The highest BCUT2D eigenvalue weighted by molar-refractivity contribution is 5.72. The minimum Gasteiger partial charge on any atom is -0.466 e. The quantitative estimate of drug-likeness (QED) is 0.482. The van der Waals surface area contributed by atoms with Gasteiger partial charge in [-0.25, -0.2) is 0 Å². The first-order chi connectivity index (χ1) is 8.54. The molecular formula is C11H12N2O5. The van der Waals surface area contributed by atoms with Gasteiger partial charge in [-0.3, -0.25) is 19.7 Å². The number of aromatic amines is 1. The van der Waals surface area contributed by atoms with Crippen LogP contribution < -0.4 is 5.56 Å². The van der Waals surface area contributed by atoms with E-state index >= 15 is 0 Å². The molecule has 0 fully saturated rings. The van der Waals surface area contributed by atoms with Crippen LogP contribution in [0.2, 0.25) is 0 Å². The average molecular weight is 252 g/mol. The van der Waals surface area contributed by atoms with Gasteiger partial charge in [-0.1, -0.05) is 12.2 Å². The highest BCUT2D eigenvalue weighted by Crippen LogP contribution is 2.09. The maximum Gasteiger partial charge on any atom is 0.309 e. The minimum absolute atomic E-state index is 0.00989. The average Bonchev–Trinajstić information content (AvgIpc) is 2.31. The predicted molar refractivity (Wildman–Crippen MR) is 64.0 cm³/mol. The zero-order valence-corrected chi connectivity index (χ0v) is 9.71. The number of hydrogen-bond donors (Lipinski definition) is 1. The smallest absolute Gasteiger partial charge is 0.309 e. The van der Waals surface area contributed by atoms with Crippen LogP contribution in [0.25, 0.3) is 6.08 Å². The number of carbonyl (C=O) groups excluding carboxylic acids is 1. The first kappa shape index (κ1) is 13.6. The third-order valence-corrected chi connectivity index (χ3v) is 2.01. The van der Waals surface area contributed by atoms with Crippen LogP contribution in [0.1, 0.15) is 18.9 Å². The van der Waals surface area contributed by atoms with Gasteiger partial charge in [0.2, 0.25) is 0 Å². The standard InChI is InChI=1S/C11H12N2O5/c1-2-18-10(14)5-3-4-8-6-9(13(16)17)7-12-11(8)15/h3-4,6-7H,2,5H2,1H3,(H,12,15). The molecule has 1 N–H and O–H groups in total. The van der Waals surface area contributed by atoms with Gasteiger partial charge < -0.3 is 9.72 Å². The molecule has 7 nitrogen and oxygen atoms in total. The Morgan fingerprint density at radius 2 is 2.33 bits per heavy atom. The molecule has 0 atom stereocenters. The van der Waals surface area contributed by atoms with Crippen LogP contribution in [0.15, 0.2) is 23.1 Å². The lowest BCUT2D eigenvalue weighted by molar-refractivity contribution is -0.385. The number of nitro groups is 1. The van der Waals surface area contributed by atoms with Crippen molar-refractivity contribution in [1.82, 2.24) is 4.98 Å². The summed E-state index contributed by atoms with van der Waals surface area (Å²) in [5.41, 5.74) is -0.556. The van der Waals surface area contributed by atoms with Gasteiger partial charge in [0, 0.05) is 11.6 Å². The fraction of sp³-hybridized carbons (Fsp3) is 0.273. The molecule has 0 unspecified atom stereocenters. The van der Waals surface area contributed by atoms with Gasteiger partial charge in [0.1, 0.15) is 0 Å². The molecule has 0 saturated carbocycles. The summed E-state index contributed by atoms with van der Waals surface area (Å²) in [7, 11) is 0. The van der Waals surface area contributed by atoms with Crippen LogP contribution in [0.3, 0.4) is 0 Å². The summed E-state index contributed by atoms with van der Waals surface area (Å²) in [6.07, 6.45) is 3.80. The Kier molecular flexibility index (Phi) is 4.79. The van der Waals surface area contributed by atoms with E-state index in [0.717, 1.165) is 12.3 Å². The molecule has 1 aromatic heterocycles. The normalized spacial score (nSPS) is 10.5. The van der Waals surface area contributed by atoms with Gasteiger partial charge in [0.15, 0.2) is 0 Å². The summed E-state index contributed by atoms with van der Waals surface area (Å²) in [4.78, 5) is 34.5. The highest BCUT2D eigenvalue weighted by Gasteiger charge is 2.07. The molecule has 96 valence electrons. The molecule has 0 aliphatic rings. The van der Waals surface area contributed by atoms with Crippen molar-refractivity contribution in [3.63, 3.8) is 0 Å². The van der Waals surface area contributed by atoms with Crippen LogP contribution in [0, 0.1) is 10.1 Å². The topological polar surface area (TPSA) is 102 Å². The lowest BCUT2D eigenvalue weighted by Gasteiger charge is -1.97. The van der Waals surface area contributed by atoms with Gasteiger partial charge in [0.25, 0.3) is 11.2 Å². The number of carbonyl (C=O) groups is 1. The second kappa shape index (κ2) is 6.33. The Morgan fingerprint density at radius 3 is 2.94 bits per heavy atom. The van der Waals surface area contributed by atoms with Crippen LogP contribution in [0.5, 0.6) is 0 Å². The van der Waals surface area contributed by atoms with Crippen molar-refractivity contribution in [3.8, 4) is 0 Å². The van der Waals surface area contributed by atoms with Crippen LogP contribution >= 0.6 is 0 Å². The number of H-pyrrole nitrogens is 1. The second-order valence-corrected chi connectivity index (χ2v) is 3.31. The number of nitrogens with zero attached hydrogens (tertiary/aromatic N) is 1. The monoisotopic (exact) mass is 252 g/mol. The number of aromatic nitrogens is 1. The molecular weight excluding hydrogens is 240 g/mol. The molecule has 0 radical (unpaired) electrons. The maximum atomic E-state index is 11.3. The summed E-state index contributed by atoms with van der Waals surface area (Å²) < 4.78 is 4.69. The van der Waals surface area contributed by atoms with Crippen molar-refractivity contribution in [3.05, 3.63) is 44.4 Å². The molecule has 0 bridgehead atoms. The van der Waals surface area contributed by atoms with Gasteiger partial charge in [0.05, 0.1) is 24.1 Å². The fourth-order valence-electron chi connectivity index (χ4n) is 1.22. The van der Waals surface area contributed by atoms with Crippen molar-refractivity contribution >= 4 is 17.7 Å². The van der Waals surface area contributed by atoms with E-state index in [0.29, 0.717) is 0 Å². The molecule has 0 aliphatic heterocycles. The summed E-state index contributed by atoms with van der Waals surface area (Å²) in [5, 5.41) is 10.5. The lowest BCUT2D eigenvalue weighted by atomic mass is 10.2. The molecule has 1 rings (SSSR count). The van der Waals surface area contributed by atoms with Gasteiger partial charge in [-0.2, -0.15) is 0 Å². The van der Waals surface area contributed by atoms with Gasteiger partial charge in [-0.15, -0.1) is 0 Å². The number of nitrogens with one attached hydrogen (secondary N) is 1. The summed E-state index contributed by atoms with van der Waals surface area (Å²) in [5.74, 6) is -0.421. The lowest BCUT2D eigenvalue weighted by Crippen LogP contribution is -2.09. The van der Waals surface area contributed by atoms with E-state index in [-0.39, 0.29) is 24.3 Å². The Hall–Kier alpha value is -2.44. The zero-order chi connectivity index (χ0) is 13.5.